The van der Waals surface area contributed by atoms with Gasteiger partial charge in [0.1, 0.15) is 17.3 Å². The number of aromatic nitrogens is 2. The molecule has 0 amide bonds. The predicted octanol–water partition coefficient (Wildman–Crippen LogP) is 4.07. The molecule has 1 aromatic heterocycles. The van der Waals surface area contributed by atoms with Gasteiger partial charge in [-0.3, -0.25) is 0 Å². The Balaban J connectivity index is 1.64. The molecular formula is C16H22ClN3. The third kappa shape index (κ3) is 2.02. The Morgan fingerprint density at radius 1 is 1.15 bits per heavy atom. The zero-order valence-corrected chi connectivity index (χ0v) is 12.8. The molecule has 0 atom stereocenters. The summed E-state index contributed by atoms with van der Waals surface area (Å²) in [5.74, 6) is 3.80. The van der Waals surface area contributed by atoms with Crippen molar-refractivity contribution >= 4 is 17.4 Å². The van der Waals surface area contributed by atoms with Crippen molar-refractivity contribution in [2.75, 3.05) is 5.32 Å². The predicted molar refractivity (Wildman–Crippen MR) is 80.9 cm³/mol. The fraction of sp³-hybridized carbons (Fsp3) is 0.750. The number of hydrogen-bond acceptors (Lipinski definition) is 3. The second-order valence-electron chi connectivity index (χ2n) is 7.17. The molecule has 0 spiro atoms. The summed E-state index contributed by atoms with van der Waals surface area (Å²) in [6, 6.07) is 0. The van der Waals surface area contributed by atoms with Gasteiger partial charge in [-0.25, -0.2) is 9.97 Å². The number of rotatable bonds is 3. The van der Waals surface area contributed by atoms with Gasteiger partial charge in [-0.05, 0) is 62.7 Å². The first-order chi connectivity index (χ1) is 9.67. The number of nitrogens with zero attached hydrogens (tertiary/aromatic N) is 2. The lowest BCUT2D eigenvalue weighted by molar-refractivity contribution is 0.0105. The van der Waals surface area contributed by atoms with Crippen LogP contribution in [0.2, 0.25) is 5.15 Å². The molecule has 0 radical (unpaired) electrons. The average molecular weight is 292 g/mol. The van der Waals surface area contributed by atoms with Crippen LogP contribution in [0.4, 0.5) is 5.82 Å². The van der Waals surface area contributed by atoms with Gasteiger partial charge in [0.25, 0.3) is 0 Å². The maximum absolute atomic E-state index is 6.22. The molecule has 0 aromatic carbocycles. The van der Waals surface area contributed by atoms with Crippen LogP contribution in [0.1, 0.15) is 51.0 Å². The fourth-order valence-corrected chi connectivity index (χ4v) is 5.59. The zero-order chi connectivity index (χ0) is 13.7. The molecule has 4 heteroatoms. The summed E-state index contributed by atoms with van der Waals surface area (Å²) in [7, 11) is 0. The summed E-state index contributed by atoms with van der Waals surface area (Å²) in [4.78, 5) is 8.60. The summed E-state index contributed by atoms with van der Waals surface area (Å²) < 4.78 is 0. The van der Waals surface area contributed by atoms with Gasteiger partial charge in [-0.1, -0.05) is 18.5 Å². The van der Waals surface area contributed by atoms with Crippen LogP contribution >= 0.6 is 11.6 Å². The van der Waals surface area contributed by atoms with Crippen LogP contribution in [0, 0.1) is 17.8 Å². The maximum atomic E-state index is 6.22. The molecule has 4 aliphatic carbocycles. The lowest BCUT2D eigenvalue weighted by Crippen LogP contribution is -2.55. The summed E-state index contributed by atoms with van der Waals surface area (Å²) in [5.41, 5.74) is 1.36. The molecular weight excluding hydrogens is 270 g/mol. The van der Waals surface area contributed by atoms with Crippen molar-refractivity contribution in [3.8, 4) is 0 Å². The van der Waals surface area contributed by atoms with Crippen molar-refractivity contribution in [3.63, 3.8) is 0 Å². The van der Waals surface area contributed by atoms with Gasteiger partial charge in [-0.15, -0.1) is 0 Å². The first-order valence-corrected chi connectivity index (χ1v) is 8.33. The van der Waals surface area contributed by atoms with E-state index in [9.17, 15) is 0 Å². The molecule has 1 N–H and O–H groups in total. The van der Waals surface area contributed by atoms with Crippen molar-refractivity contribution in [1.29, 1.82) is 0 Å². The Hall–Kier alpha value is -0.830. The van der Waals surface area contributed by atoms with Crippen molar-refractivity contribution in [1.82, 2.24) is 9.97 Å². The highest BCUT2D eigenvalue weighted by Crippen LogP contribution is 2.56. The Morgan fingerprint density at radius 2 is 1.75 bits per heavy atom. The molecule has 108 valence electrons. The number of halogens is 1. The standard InChI is InChI=1S/C16H22ClN3/c1-2-13-14(17)18-9-19-15(13)20-16-6-10-3-11(7-16)5-12(4-10)8-16/h9-12H,2-8H2,1H3,(H,18,19,20). The van der Waals surface area contributed by atoms with Gasteiger partial charge < -0.3 is 5.32 Å². The normalized spacial score (nSPS) is 38.2. The monoisotopic (exact) mass is 291 g/mol. The van der Waals surface area contributed by atoms with E-state index in [4.69, 9.17) is 11.6 Å². The van der Waals surface area contributed by atoms with E-state index in [1.807, 2.05) is 0 Å². The lowest BCUT2D eigenvalue weighted by Gasteiger charge is -2.57. The smallest absolute Gasteiger partial charge is 0.137 e. The van der Waals surface area contributed by atoms with Crippen molar-refractivity contribution in [2.45, 2.75) is 57.4 Å². The second kappa shape index (κ2) is 4.59. The molecule has 0 unspecified atom stereocenters. The van der Waals surface area contributed by atoms with Crippen LogP contribution in [0.5, 0.6) is 0 Å². The van der Waals surface area contributed by atoms with Crippen molar-refractivity contribution in [3.05, 3.63) is 17.0 Å². The van der Waals surface area contributed by atoms with Gasteiger partial charge in [0.15, 0.2) is 0 Å². The fourth-order valence-electron chi connectivity index (χ4n) is 5.33. The largest absolute Gasteiger partial charge is 0.364 e. The molecule has 1 aromatic rings. The number of nitrogens with one attached hydrogen (secondary N) is 1. The summed E-state index contributed by atoms with van der Waals surface area (Å²) in [6.07, 6.45) is 10.8. The van der Waals surface area contributed by atoms with Gasteiger partial charge in [-0.2, -0.15) is 0 Å². The highest BCUT2D eigenvalue weighted by molar-refractivity contribution is 6.30. The Kier molecular flexibility index (Phi) is 2.95. The van der Waals surface area contributed by atoms with Crippen LogP contribution in [0.15, 0.2) is 6.33 Å². The minimum atomic E-state index is 0.288. The molecule has 0 saturated heterocycles. The Bertz CT molecular complexity index is 493. The molecule has 5 rings (SSSR count). The summed E-state index contributed by atoms with van der Waals surface area (Å²) in [5, 5.41) is 4.42. The van der Waals surface area contributed by atoms with E-state index in [-0.39, 0.29) is 5.54 Å². The number of anilines is 1. The zero-order valence-electron chi connectivity index (χ0n) is 12.0. The van der Waals surface area contributed by atoms with Crippen molar-refractivity contribution < 1.29 is 0 Å². The van der Waals surface area contributed by atoms with Crippen molar-refractivity contribution in [2.24, 2.45) is 17.8 Å². The highest BCUT2D eigenvalue weighted by Gasteiger charge is 2.51. The van der Waals surface area contributed by atoms with E-state index in [1.165, 1.54) is 38.5 Å². The molecule has 20 heavy (non-hydrogen) atoms. The second-order valence-corrected chi connectivity index (χ2v) is 7.53. The molecule has 1 heterocycles. The molecule has 3 nitrogen and oxygen atoms in total. The van der Waals surface area contributed by atoms with E-state index in [2.05, 4.69) is 22.2 Å². The first-order valence-electron chi connectivity index (χ1n) is 7.95. The van der Waals surface area contributed by atoms with Gasteiger partial charge >= 0.3 is 0 Å². The Morgan fingerprint density at radius 3 is 2.30 bits per heavy atom. The van der Waals surface area contributed by atoms with E-state index < -0.39 is 0 Å². The van der Waals surface area contributed by atoms with Crippen LogP contribution in [0.3, 0.4) is 0 Å². The Labute approximate surface area is 125 Å². The van der Waals surface area contributed by atoms with E-state index in [0.29, 0.717) is 5.15 Å². The average Bonchev–Trinajstić information content (AvgIpc) is 2.36. The quantitative estimate of drug-likeness (QED) is 0.853. The maximum Gasteiger partial charge on any atom is 0.137 e. The van der Waals surface area contributed by atoms with Crippen LogP contribution in [-0.4, -0.2) is 15.5 Å². The van der Waals surface area contributed by atoms with Gasteiger partial charge in [0.05, 0.1) is 0 Å². The van der Waals surface area contributed by atoms with Crippen LogP contribution in [-0.2, 0) is 6.42 Å². The third-order valence-electron chi connectivity index (χ3n) is 5.67. The summed E-state index contributed by atoms with van der Waals surface area (Å²) in [6.45, 7) is 2.12. The third-order valence-corrected chi connectivity index (χ3v) is 5.99. The molecule has 4 bridgehead atoms. The van der Waals surface area contributed by atoms with E-state index >= 15 is 0 Å². The molecule has 4 aliphatic rings. The number of hydrogen-bond donors (Lipinski definition) is 1. The SMILES string of the molecule is CCc1c(Cl)ncnc1NC12CC3CC(CC(C3)C1)C2. The minimum Gasteiger partial charge on any atom is -0.364 e. The van der Waals surface area contributed by atoms with Gasteiger partial charge in [0.2, 0.25) is 0 Å². The molecule has 4 saturated carbocycles. The first kappa shape index (κ1) is 12.9. The lowest BCUT2D eigenvalue weighted by atomic mass is 9.53. The van der Waals surface area contributed by atoms with E-state index in [1.54, 1.807) is 6.33 Å². The van der Waals surface area contributed by atoms with Crippen LogP contribution < -0.4 is 5.32 Å². The highest BCUT2D eigenvalue weighted by atomic mass is 35.5. The van der Waals surface area contributed by atoms with E-state index in [0.717, 1.165) is 35.6 Å². The summed E-state index contributed by atoms with van der Waals surface area (Å²) >= 11 is 6.22. The topological polar surface area (TPSA) is 37.8 Å². The van der Waals surface area contributed by atoms with Gasteiger partial charge in [0, 0.05) is 11.1 Å². The minimum absolute atomic E-state index is 0.288. The van der Waals surface area contributed by atoms with Crippen LogP contribution in [0.25, 0.3) is 0 Å². The molecule has 0 aliphatic heterocycles. The molecule has 4 fully saturated rings.